The molecule has 0 aromatic carbocycles. The first-order valence-corrected chi connectivity index (χ1v) is 5.05. The Kier molecular flexibility index (Phi) is 3.80. The SMILES string of the molecule is C=C(C)CCCC1CCCN1C. The van der Waals surface area contributed by atoms with Crippen LogP contribution in [0.25, 0.3) is 0 Å². The molecule has 0 amide bonds. The van der Waals surface area contributed by atoms with E-state index in [-0.39, 0.29) is 0 Å². The van der Waals surface area contributed by atoms with Gasteiger partial charge in [0.1, 0.15) is 0 Å². The highest BCUT2D eigenvalue weighted by Gasteiger charge is 2.19. The van der Waals surface area contributed by atoms with Crippen LogP contribution >= 0.6 is 0 Å². The number of hydrogen-bond donors (Lipinski definition) is 0. The molecule has 1 saturated heterocycles. The maximum Gasteiger partial charge on any atom is 0.00927 e. The summed E-state index contributed by atoms with van der Waals surface area (Å²) in [6.45, 7) is 7.35. The summed E-state index contributed by atoms with van der Waals surface area (Å²) >= 11 is 0. The molecule has 1 fully saturated rings. The fraction of sp³-hybridized carbons (Fsp3) is 0.818. The first-order chi connectivity index (χ1) is 5.70. The van der Waals surface area contributed by atoms with Crippen molar-refractivity contribution in [3.63, 3.8) is 0 Å². The highest BCUT2D eigenvalue weighted by Crippen LogP contribution is 2.20. The molecule has 1 unspecified atom stereocenters. The van der Waals surface area contributed by atoms with Crippen LogP contribution in [0.3, 0.4) is 0 Å². The molecule has 12 heavy (non-hydrogen) atoms. The third kappa shape index (κ3) is 2.98. The smallest absolute Gasteiger partial charge is 0.00927 e. The molecular formula is C11H21N. The monoisotopic (exact) mass is 167 g/mol. The zero-order valence-corrected chi connectivity index (χ0v) is 8.47. The molecule has 70 valence electrons. The van der Waals surface area contributed by atoms with Gasteiger partial charge in [-0.15, -0.1) is 6.58 Å². The van der Waals surface area contributed by atoms with Gasteiger partial charge in [-0.2, -0.15) is 0 Å². The topological polar surface area (TPSA) is 3.24 Å². The van der Waals surface area contributed by atoms with Gasteiger partial charge >= 0.3 is 0 Å². The molecule has 1 rings (SSSR count). The largest absolute Gasteiger partial charge is 0.303 e. The highest BCUT2D eigenvalue weighted by atomic mass is 15.1. The summed E-state index contributed by atoms with van der Waals surface area (Å²) in [7, 11) is 2.25. The van der Waals surface area contributed by atoms with E-state index in [9.17, 15) is 0 Å². The summed E-state index contributed by atoms with van der Waals surface area (Å²) < 4.78 is 0. The van der Waals surface area contributed by atoms with Crippen molar-refractivity contribution in [2.45, 2.75) is 45.1 Å². The van der Waals surface area contributed by atoms with Crippen molar-refractivity contribution in [1.29, 1.82) is 0 Å². The van der Waals surface area contributed by atoms with Gasteiger partial charge in [0.15, 0.2) is 0 Å². The number of rotatable bonds is 4. The molecule has 0 saturated carbocycles. The van der Waals surface area contributed by atoms with Gasteiger partial charge in [-0.25, -0.2) is 0 Å². The van der Waals surface area contributed by atoms with Gasteiger partial charge in [0.05, 0.1) is 0 Å². The second kappa shape index (κ2) is 4.66. The van der Waals surface area contributed by atoms with Crippen LogP contribution in [0.4, 0.5) is 0 Å². The Hall–Kier alpha value is -0.300. The van der Waals surface area contributed by atoms with Crippen LogP contribution in [0.2, 0.25) is 0 Å². The molecule has 1 atom stereocenters. The lowest BCUT2D eigenvalue weighted by Crippen LogP contribution is -2.24. The Morgan fingerprint density at radius 3 is 2.83 bits per heavy atom. The third-order valence-corrected chi connectivity index (χ3v) is 2.81. The van der Waals surface area contributed by atoms with E-state index < -0.39 is 0 Å². The first-order valence-electron chi connectivity index (χ1n) is 5.05. The van der Waals surface area contributed by atoms with Gasteiger partial charge in [-0.3, -0.25) is 0 Å². The standard InChI is InChI=1S/C11H21N/c1-10(2)6-4-7-11-8-5-9-12(11)3/h11H,1,4-9H2,2-3H3. The minimum Gasteiger partial charge on any atom is -0.303 e. The van der Waals surface area contributed by atoms with Crippen LogP contribution in [0.15, 0.2) is 12.2 Å². The van der Waals surface area contributed by atoms with Gasteiger partial charge in [0.25, 0.3) is 0 Å². The van der Waals surface area contributed by atoms with E-state index in [1.54, 1.807) is 0 Å². The summed E-state index contributed by atoms with van der Waals surface area (Å²) in [5, 5.41) is 0. The summed E-state index contributed by atoms with van der Waals surface area (Å²) in [4.78, 5) is 2.50. The van der Waals surface area contributed by atoms with Crippen molar-refractivity contribution in [1.82, 2.24) is 4.90 Å². The molecule has 1 aliphatic heterocycles. The van der Waals surface area contributed by atoms with E-state index in [0.717, 1.165) is 6.04 Å². The second-order valence-corrected chi connectivity index (χ2v) is 4.13. The molecule has 1 aliphatic rings. The lowest BCUT2D eigenvalue weighted by atomic mass is 10.1. The lowest BCUT2D eigenvalue weighted by Gasteiger charge is -2.18. The molecule has 0 aliphatic carbocycles. The fourth-order valence-corrected chi connectivity index (χ4v) is 1.98. The van der Waals surface area contributed by atoms with Gasteiger partial charge in [0, 0.05) is 6.04 Å². The molecule has 0 bridgehead atoms. The molecule has 0 radical (unpaired) electrons. The lowest BCUT2D eigenvalue weighted by molar-refractivity contribution is 0.292. The van der Waals surface area contributed by atoms with Crippen LogP contribution in [0.5, 0.6) is 0 Å². The Morgan fingerprint density at radius 1 is 1.58 bits per heavy atom. The zero-order valence-electron chi connectivity index (χ0n) is 8.47. The zero-order chi connectivity index (χ0) is 8.97. The molecule has 1 nitrogen and oxygen atoms in total. The van der Waals surface area contributed by atoms with Crippen molar-refractivity contribution in [3.8, 4) is 0 Å². The fourth-order valence-electron chi connectivity index (χ4n) is 1.98. The van der Waals surface area contributed by atoms with E-state index in [1.165, 1.54) is 44.2 Å². The maximum atomic E-state index is 3.92. The summed E-state index contributed by atoms with van der Waals surface area (Å²) in [5.74, 6) is 0. The minimum atomic E-state index is 0.865. The minimum absolute atomic E-state index is 0.865. The Balaban J connectivity index is 2.10. The van der Waals surface area contributed by atoms with Crippen molar-refractivity contribution in [3.05, 3.63) is 12.2 Å². The van der Waals surface area contributed by atoms with E-state index in [2.05, 4.69) is 25.5 Å². The van der Waals surface area contributed by atoms with Crippen LogP contribution < -0.4 is 0 Å². The summed E-state index contributed by atoms with van der Waals surface area (Å²) in [5.41, 5.74) is 1.33. The van der Waals surface area contributed by atoms with Gasteiger partial charge < -0.3 is 4.90 Å². The van der Waals surface area contributed by atoms with E-state index in [0.29, 0.717) is 0 Å². The molecule has 0 spiro atoms. The van der Waals surface area contributed by atoms with Crippen LogP contribution in [-0.4, -0.2) is 24.5 Å². The first kappa shape index (κ1) is 9.79. The molecule has 0 aromatic heterocycles. The van der Waals surface area contributed by atoms with Gasteiger partial charge in [-0.1, -0.05) is 5.57 Å². The van der Waals surface area contributed by atoms with Crippen molar-refractivity contribution in [2.24, 2.45) is 0 Å². The molecule has 0 N–H and O–H groups in total. The van der Waals surface area contributed by atoms with Gasteiger partial charge in [-0.05, 0) is 52.6 Å². The third-order valence-electron chi connectivity index (χ3n) is 2.81. The van der Waals surface area contributed by atoms with Crippen molar-refractivity contribution < 1.29 is 0 Å². The molecular weight excluding hydrogens is 146 g/mol. The molecule has 0 aromatic rings. The quantitative estimate of drug-likeness (QED) is 0.582. The second-order valence-electron chi connectivity index (χ2n) is 4.13. The highest BCUT2D eigenvalue weighted by molar-refractivity contribution is 4.88. The van der Waals surface area contributed by atoms with Gasteiger partial charge in [0.2, 0.25) is 0 Å². The Labute approximate surface area is 76.5 Å². The van der Waals surface area contributed by atoms with E-state index in [1.807, 2.05) is 0 Å². The predicted molar refractivity (Wildman–Crippen MR) is 54.3 cm³/mol. The Morgan fingerprint density at radius 2 is 2.33 bits per heavy atom. The van der Waals surface area contributed by atoms with E-state index in [4.69, 9.17) is 0 Å². The van der Waals surface area contributed by atoms with Crippen molar-refractivity contribution in [2.75, 3.05) is 13.6 Å². The predicted octanol–water partition coefficient (Wildman–Crippen LogP) is 2.83. The maximum absolute atomic E-state index is 3.92. The number of likely N-dealkylation sites (tertiary alicyclic amines) is 1. The average molecular weight is 167 g/mol. The molecule has 1 heteroatoms. The number of allylic oxidation sites excluding steroid dienone is 1. The Bertz CT molecular complexity index is 151. The number of hydrogen-bond acceptors (Lipinski definition) is 1. The summed E-state index contributed by atoms with van der Waals surface area (Å²) in [6.07, 6.45) is 6.71. The van der Waals surface area contributed by atoms with E-state index >= 15 is 0 Å². The van der Waals surface area contributed by atoms with Crippen LogP contribution in [0.1, 0.15) is 39.0 Å². The van der Waals surface area contributed by atoms with Crippen molar-refractivity contribution >= 4 is 0 Å². The average Bonchev–Trinajstić information content (AvgIpc) is 2.36. The van der Waals surface area contributed by atoms with Crippen LogP contribution in [0, 0.1) is 0 Å². The molecule has 1 heterocycles. The summed E-state index contributed by atoms with van der Waals surface area (Å²) in [6, 6.07) is 0.865. The normalized spacial score (nSPS) is 24.7. The number of nitrogens with zero attached hydrogens (tertiary/aromatic N) is 1. The van der Waals surface area contributed by atoms with Crippen LogP contribution in [-0.2, 0) is 0 Å².